The second kappa shape index (κ2) is 5.24. The number of aromatic nitrogens is 1. The van der Waals surface area contributed by atoms with Crippen LogP contribution in [0.2, 0.25) is 0 Å². The van der Waals surface area contributed by atoms with Crippen molar-refractivity contribution in [3.8, 4) is 0 Å². The van der Waals surface area contributed by atoms with Gasteiger partial charge in [-0.25, -0.2) is 0 Å². The van der Waals surface area contributed by atoms with Crippen molar-refractivity contribution < 1.29 is 14.3 Å². The Bertz CT molecular complexity index is 705. The molecule has 1 atom stereocenters. The number of fused-ring (bicyclic) bond motifs is 1. The van der Waals surface area contributed by atoms with Crippen molar-refractivity contribution in [2.75, 3.05) is 20.2 Å². The van der Waals surface area contributed by atoms with Gasteiger partial charge in [-0.2, -0.15) is 0 Å². The molecule has 0 bridgehead atoms. The van der Waals surface area contributed by atoms with Gasteiger partial charge in [0.1, 0.15) is 0 Å². The Labute approximate surface area is 122 Å². The van der Waals surface area contributed by atoms with Gasteiger partial charge < -0.3 is 14.6 Å². The molecule has 0 spiro atoms. The Balaban J connectivity index is 1.88. The molecule has 1 saturated heterocycles. The van der Waals surface area contributed by atoms with E-state index in [1.54, 1.807) is 4.90 Å². The molecule has 5 nitrogen and oxygen atoms in total. The fourth-order valence-electron chi connectivity index (χ4n) is 3.01. The quantitative estimate of drug-likeness (QED) is 0.860. The summed E-state index contributed by atoms with van der Waals surface area (Å²) in [6, 6.07) is 7.77. The van der Waals surface area contributed by atoms with Crippen LogP contribution in [-0.4, -0.2) is 42.0 Å². The average molecular weight is 286 g/mol. The minimum Gasteiger partial charge on any atom is -0.469 e. The summed E-state index contributed by atoms with van der Waals surface area (Å²) < 4.78 is 4.76. The highest BCUT2D eigenvalue weighted by Crippen LogP contribution is 2.26. The number of nitrogens with one attached hydrogen (secondary N) is 1. The number of esters is 1. The number of likely N-dealkylation sites (tertiary alicyclic amines) is 1. The summed E-state index contributed by atoms with van der Waals surface area (Å²) in [5.41, 5.74) is 2.53. The second-order valence-corrected chi connectivity index (χ2v) is 5.43. The molecule has 1 aliphatic heterocycles. The van der Waals surface area contributed by atoms with Gasteiger partial charge in [-0.05, 0) is 19.4 Å². The SMILES string of the molecule is COC(=O)C1CCN(C(=O)c2c(C)[nH]c3ccccc23)C1. The third kappa shape index (κ3) is 2.28. The van der Waals surface area contributed by atoms with Crippen LogP contribution in [-0.2, 0) is 9.53 Å². The van der Waals surface area contributed by atoms with Crippen molar-refractivity contribution in [1.82, 2.24) is 9.88 Å². The van der Waals surface area contributed by atoms with Crippen molar-refractivity contribution in [2.24, 2.45) is 5.92 Å². The molecule has 1 aromatic heterocycles. The van der Waals surface area contributed by atoms with E-state index >= 15 is 0 Å². The Morgan fingerprint density at radius 2 is 2.10 bits per heavy atom. The first-order valence-corrected chi connectivity index (χ1v) is 7.06. The van der Waals surface area contributed by atoms with E-state index in [0.717, 1.165) is 16.6 Å². The number of ether oxygens (including phenoxy) is 1. The summed E-state index contributed by atoms with van der Waals surface area (Å²) in [5, 5.41) is 0.932. The average Bonchev–Trinajstić information content (AvgIpc) is 3.09. The summed E-state index contributed by atoms with van der Waals surface area (Å²) >= 11 is 0. The molecule has 1 amide bonds. The lowest BCUT2D eigenvalue weighted by Crippen LogP contribution is -2.30. The number of benzene rings is 1. The highest BCUT2D eigenvalue weighted by atomic mass is 16.5. The number of amides is 1. The van der Waals surface area contributed by atoms with Gasteiger partial charge in [-0.3, -0.25) is 9.59 Å². The molecule has 0 aliphatic carbocycles. The predicted octanol–water partition coefficient (Wildman–Crippen LogP) is 2.11. The van der Waals surface area contributed by atoms with Gasteiger partial charge in [-0.15, -0.1) is 0 Å². The van der Waals surface area contributed by atoms with E-state index in [-0.39, 0.29) is 17.8 Å². The topological polar surface area (TPSA) is 62.4 Å². The number of para-hydroxylation sites is 1. The molecular formula is C16H18N2O3. The minimum atomic E-state index is -0.235. The third-order valence-electron chi connectivity index (χ3n) is 4.12. The highest BCUT2D eigenvalue weighted by molar-refractivity contribution is 6.08. The normalized spacial score (nSPS) is 18.2. The molecule has 0 radical (unpaired) electrons. The number of H-pyrrole nitrogens is 1. The van der Waals surface area contributed by atoms with Crippen molar-refractivity contribution in [3.05, 3.63) is 35.5 Å². The number of aromatic amines is 1. The number of carbonyl (C=O) groups excluding carboxylic acids is 2. The van der Waals surface area contributed by atoms with Crippen molar-refractivity contribution in [2.45, 2.75) is 13.3 Å². The molecule has 2 heterocycles. The molecule has 1 unspecified atom stereocenters. The monoisotopic (exact) mass is 286 g/mol. The van der Waals surface area contributed by atoms with Crippen LogP contribution in [0.3, 0.4) is 0 Å². The van der Waals surface area contributed by atoms with Gasteiger partial charge in [0.05, 0.1) is 18.6 Å². The molecule has 3 rings (SSSR count). The van der Waals surface area contributed by atoms with Gasteiger partial charge >= 0.3 is 5.97 Å². The fourth-order valence-corrected chi connectivity index (χ4v) is 3.01. The minimum absolute atomic E-state index is 0.0173. The summed E-state index contributed by atoms with van der Waals surface area (Å²) in [7, 11) is 1.39. The van der Waals surface area contributed by atoms with Crippen molar-refractivity contribution >= 4 is 22.8 Å². The highest BCUT2D eigenvalue weighted by Gasteiger charge is 2.33. The number of nitrogens with zero attached hydrogens (tertiary/aromatic N) is 1. The molecule has 1 N–H and O–H groups in total. The van der Waals surface area contributed by atoms with E-state index in [1.807, 2.05) is 31.2 Å². The van der Waals surface area contributed by atoms with Gasteiger partial charge in [0.15, 0.2) is 0 Å². The fraction of sp³-hybridized carbons (Fsp3) is 0.375. The van der Waals surface area contributed by atoms with Crippen LogP contribution in [0.1, 0.15) is 22.5 Å². The third-order valence-corrected chi connectivity index (χ3v) is 4.12. The first-order valence-electron chi connectivity index (χ1n) is 7.06. The molecule has 110 valence electrons. The first kappa shape index (κ1) is 13.7. The van der Waals surface area contributed by atoms with Crippen LogP contribution < -0.4 is 0 Å². The van der Waals surface area contributed by atoms with E-state index in [2.05, 4.69) is 4.98 Å². The summed E-state index contributed by atoms with van der Waals surface area (Å²) in [6.07, 6.45) is 0.666. The molecule has 1 aliphatic rings. The van der Waals surface area contributed by atoms with Gasteiger partial charge in [0.2, 0.25) is 0 Å². The first-order chi connectivity index (χ1) is 10.1. The number of rotatable bonds is 2. The molecule has 0 saturated carbocycles. The Morgan fingerprint density at radius 3 is 2.86 bits per heavy atom. The van der Waals surface area contributed by atoms with Gasteiger partial charge in [-0.1, -0.05) is 18.2 Å². The molecular weight excluding hydrogens is 268 g/mol. The lowest BCUT2D eigenvalue weighted by Gasteiger charge is -2.16. The van der Waals surface area contributed by atoms with Crippen LogP contribution in [0.25, 0.3) is 10.9 Å². The number of methoxy groups -OCH3 is 1. The van der Waals surface area contributed by atoms with Crippen LogP contribution in [0.5, 0.6) is 0 Å². The maximum atomic E-state index is 12.8. The molecule has 21 heavy (non-hydrogen) atoms. The largest absolute Gasteiger partial charge is 0.469 e. The van der Waals surface area contributed by atoms with Gasteiger partial charge in [0.25, 0.3) is 5.91 Å². The standard InChI is InChI=1S/C16H18N2O3/c1-10-14(12-5-3-4-6-13(12)17-10)15(19)18-8-7-11(9-18)16(20)21-2/h3-6,11,17H,7-9H2,1-2H3. The van der Waals surface area contributed by atoms with E-state index in [0.29, 0.717) is 25.1 Å². The van der Waals surface area contributed by atoms with Crippen LogP contribution in [0.15, 0.2) is 24.3 Å². The smallest absolute Gasteiger partial charge is 0.310 e. The van der Waals surface area contributed by atoms with E-state index in [4.69, 9.17) is 4.74 Å². The lowest BCUT2D eigenvalue weighted by atomic mass is 10.1. The summed E-state index contributed by atoms with van der Waals surface area (Å²) in [4.78, 5) is 29.3. The summed E-state index contributed by atoms with van der Waals surface area (Å²) in [6.45, 7) is 2.93. The van der Waals surface area contributed by atoms with E-state index < -0.39 is 0 Å². The van der Waals surface area contributed by atoms with Crippen LogP contribution in [0.4, 0.5) is 0 Å². The van der Waals surface area contributed by atoms with Crippen LogP contribution >= 0.6 is 0 Å². The van der Waals surface area contributed by atoms with Crippen molar-refractivity contribution in [3.63, 3.8) is 0 Å². The molecule has 1 aromatic carbocycles. The maximum Gasteiger partial charge on any atom is 0.310 e. The number of aryl methyl sites for hydroxylation is 1. The number of hydrogen-bond donors (Lipinski definition) is 1. The van der Waals surface area contributed by atoms with Crippen LogP contribution in [0, 0.1) is 12.8 Å². The van der Waals surface area contributed by atoms with Crippen molar-refractivity contribution in [1.29, 1.82) is 0 Å². The van der Waals surface area contributed by atoms with E-state index in [1.165, 1.54) is 7.11 Å². The predicted molar refractivity (Wildman–Crippen MR) is 79.1 cm³/mol. The Kier molecular flexibility index (Phi) is 3.41. The molecule has 5 heteroatoms. The Hall–Kier alpha value is -2.30. The number of hydrogen-bond acceptors (Lipinski definition) is 3. The zero-order valence-electron chi connectivity index (χ0n) is 12.2. The molecule has 2 aromatic rings. The second-order valence-electron chi connectivity index (χ2n) is 5.43. The number of carbonyl (C=O) groups is 2. The zero-order chi connectivity index (χ0) is 15.0. The summed E-state index contributed by atoms with van der Waals surface area (Å²) in [5.74, 6) is -0.457. The molecule has 1 fully saturated rings. The maximum absolute atomic E-state index is 12.8. The zero-order valence-corrected chi connectivity index (χ0v) is 12.2. The van der Waals surface area contributed by atoms with Gasteiger partial charge in [0, 0.05) is 29.7 Å². The lowest BCUT2D eigenvalue weighted by molar-refractivity contribution is -0.144. The Morgan fingerprint density at radius 1 is 1.33 bits per heavy atom. The van der Waals surface area contributed by atoms with E-state index in [9.17, 15) is 9.59 Å².